The first kappa shape index (κ1) is 12.9. The highest BCUT2D eigenvalue weighted by atomic mass is 16.3. The van der Waals surface area contributed by atoms with Crippen LogP contribution in [0.4, 0.5) is 0 Å². The Morgan fingerprint density at radius 2 is 1.92 bits per heavy atom. The standard InChI is InChI=1S/C11H25NO/c1-5-6-9(2)7-11(4,8-12)10(3)13/h9-10,13H,5-8,12H2,1-4H3. The predicted octanol–water partition coefficient (Wildman–Crippen LogP) is 2.16. The van der Waals surface area contributed by atoms with E-state index in [2.05, 4.69) is 20.8 Å². The van der Waals surface area contributed by atoms with Gasteiger partial charge in [0, 0.05) is 12.0 Å². The van der Waals surface area contributed by atoms with Crippen LogP contribution in [-0.4, -0.2) is 17.8 Å². The molecule has 0 saturated heterocycles. The van der Waals surface area contributed by atoms with Crippen molar-refractivity contribution >= 4 is 0 Å². The van der Waals surface area contributed by atoms with Gasteiger partial charge >= 0.3 is 0 Å². The molecule has 0 bridgehead atoms. The van der Waals surface area contributed by atoms with Crippen molar-refractivity contribution in [1.82, 2.24) is 0 Å². The first-order chi connectivity index (χ1) is 5.96. The molecule has 0 fully saturated rings. The van der Waals surface area contributed by atoms with Gasteiger partial charge in [0.15, 0.2) is 0 Å². The highest BCUT2D eigenvalue weighted by molar-refractivity contribution is 4.82. The fraction of sp³-hybridized carbons (Fsp3) is 1.00. The summed E-state index contributed by atoms with van der Waals surface area (Å²) < 4.78 is 0. The first-order valence-electron chi connectivity index (χ1n) is 5.34. The molecular formula is C11H25NO. The second-order valence-electron chi connectivity index (χ2n) is 4.63. The quantitative estimate of drug-likeness (QED) is 0.669. The summed E-state index contributed by atoms with van der Waals surface area (Å²) in [6.07, 6.45) is 3.15. The lowest BCUT2D eigenvalue weighted by atomic mass is 9.76. The largest absolute Gasteiger partial charge is 0.393 e. The van der Waals surface area contributed by atoms with E-state index in [0.29, 0.717) is 12.5 Å². The molecule has 0 aromatic rings. The number of hydrogen-bond acceptors (Lipinski definition) is 2. The molecule has 0 aromatic carbocycles. The maximum absolute atomic E-state index is 9.61. The fourth-order valence-electron chi connectivity index (χ4n) is 1.82. The number of hydrogen-bond donors (Lipinski definition) is 2. The van der Waals surface area contributed by atoms with Crippen LogP contribution in [0, 0.1) is 11.3 Å². The van der Waals surface area contributed by atoms with Gasteiger partial charge in [0.1, 0.15) is 0 Å². The Morgan fingerprint density at radius 1 is 1.38 bits per heavy atom. The third-order valence-corrected chi connectivity index (χ3v) is 3.07. The van der Waals surface area contributed by atoms with Gasteiger partial charge in [-0.25, -0.2) is 0 Å². The lowest BCUT2D eigenvalue weighted by Crippen LogP contribution is -2.38. The zero-order valence-electron chi connectivity index (χ0n) is 9.51. The summed E-state index contributed by atoms with van der Waals surface area (Å²) in [5.41, 5.74) is 5.59. The van der Waals surface area contributed by atoms with E-state index in [-0.39, 0.29) is 11.5 Å². The van der Waals surface area contributed by atoms with Crippen LogP contribution in [0.2, 0.25) is 0 Å². The molecule has 13 heavy (non-hydrogen) atoms. The van der Waals surface area contributed by atoms with Gasteiger partial charge < -0.3 is 10.8 Å². The van der Waals surface area contributed by atoms with E-state index in [4.69, 9.17) is 5.73 Å². The maximum atomic E-state index is 9.61. The van der Waals surface area contributed by atoms with Gasteiger partial charge in [-0.2, -0.15) is 0 Å². The summed E-state index contributed by atoms with van der Waals surface area (Å²) in [6, 6.07) is 0. The van der Waals surface area contributed by atoms with E-state index in [1.807, 2.05) is 6.92 Å². The maximum Gasteiger partial charge on any atom is 0.0577 e. The van der Waals surface area contributed by atoms with Crippen LogP contribution in [0.5, 0.6) is 0 Å². The minimum Gasteiger partial charge on any atom is -0.393 e. The van der Waals surface area contributed by atoms with E-state index in [0.717, 1.165) is 6.42 Å². The Hall–Kier alpha value is -0.0800. The van der Waals surface area contributed by atoms with Gasteiger partial charge in [0.2, 0.25) is 0 Å². The van der Waals surface area contributed by atoms with Crippen LogP contribution < -0.4 is 5.73 Å². The molecule has 0 aliphatic rings. The van der Waals surface area contributed by atoms with E-state index < -0.39 is 0 Å². The summed E-state index contributed by atoms with van der Waals surface area (Å²) in [4.78, 5) is 0. The number of rotatable bonds is 6. The number of nitrogens with two attached hydrogens (primary N) is 1. The van der Waals surface area contributed by atoms with Gasteiger partial charge in [0.05, 0.1) is 6.10 Å². The van der Waals surface area contributed by atoms with Crippen LogP contribution in [0.25, 0.3) is 0 Å². The Morgan fingerprint density at radius 3 is 2.23 bits per heavy atom. The number of aliphatic hydroxyl groups is 1. The lowest BCUT2D eigenvalue weighted by Gasteiger charge is -2.33. The molecular weight excluding hydrogens is 162 g/mol. The molecule has 3 N–H and O–H groups in total. The third-order valence-electron chi connectivity index (χ3n) is 3.07. The van der Waals surface area contributed by atoms with Crippen molar-refractivity contribution in [3.8, 4) is 0 Å². The normalized spacial score (nSPS) is 20.8. The third kappa shape index (κ3) is 4.10. The molecule has 3 atom stereocenters. The van der Waals surface area contributed by atoms with Crippen molar-refractivity contribution in [2.75, 3.05) is 6.54 Å². The van der Waals surface area contributed by atoms with Gasteiger partial charge in [0.25, 0.3) is 0 Å². The second-order valence-corrected chi connectivity index (χ2v) is 4.63. The molecule has 0 heterocycles. The summed E-state index contributed by atoms with van der Waals surface area (Å²) >= 11 is 0. The highest BCUT2D eigenvalue weighted by Gasteiger charge is 2.29. The lowest BCUT2D eigenvalue weighted by molar-refractivity contribution is 0.0399. The van der Waals surface area contributed by atoms with Gasteiger partial charge in [-0.05, 0) is 19.3 Å². The fourth-order valence-corrected chi connectivity index (χ4v) is 1.82. The van der Waals surface area contributed by atoms with Crippen molar-refractivity contribution in [2.45, 2.75) is 53.1 Å². The Kier molecular flexibility index (Phi) is 5.57. The molecule has 0 rings (SSSR count). The molecule has 2 heteroatoms. The minimum absolute atomic E-state index is 0.103. The van der Waals surface area contributed by atoms with Crippen LogP contribution in [0.15, 0.2) is 0 Å². The zero-order chi connectivity index (χ0) is 10.5. The monoisotopic (exact) mass is 187 g/mol. The van der Waals surface area contributed by atoms with Crippen molar-refractivity contribution in [2.24, 2.45) is 17.1 Å². The van der Waals surface area contributed by atoms with E-state index in [9.17, 15) is 5.11 Å². The Balaban J connectivity index is 4.10. The first-order valence-corrected chi connectivity index (χ1v) is 5.34. The molecule has 0 aliphatic carbocycles. The van der Waals surface area contributed by atoms with Gasteiger partial charge in [-0.3, -0.25) is 0 Å². The molecule has 2 nitrogen and oxygen atoms in total. The average molecular weight is 187 g/mol. The van der Waals surface area contributed by atoms with Crippen molar-refractivity contribution < 1.29 is 5.11 Å². The Bertz CT molecular complexity index is 136. The molecule has 0 aliphatic heterocycles. The highest BCUT2D eigenvalue weighted by Crippen LogP contribution is 2.30. The summed E-state index contributed by atoms with van der Waals surface area (Å²) in [5, 5.41) is 9.61. The molecule has 0 spiro atoms. The van der Waals surface area contributed by atoms with Crippen LogP contribution in [0.3, 0.4) is 0 Å². The number of aliphatic hydroxyl groups excluding tert-OH is 1. The Labute approximate surface area is 82.5 Å². The van der Waals surface area contributed by atoms with Crippen LogP contribution >= 0.6 is 0 Å². The predicted molar refractivity (Wildman–Crippen MR) is 57.5 cm³/mol. The van der Waals surface area contributed by atoms with E-state index in [1.165, 1.54) is 12.8 Å². The molecule has 0 saturated carbocycles. The van der Waals surface area contributed by atoms with E-state index in [1.54, 1.807) is 0 Å². The molecule has 0 radical (unpaired) electrons. The molecule has 3 unspecified atom stereocenters. The van der Waals surface area contributed by atoms with Gasteiger partial charge in [-0.15, -0.1) is 0 Å². The topological polar surface area (TPSA) is 46.2 Å². The smallest absolute Gasteiger partial charge is 0.0577 e. The summed E-state index contributed by atoms with van der Waals surface area (Å²) in [7, 11) is 0. The molecule has 0 amide bonds. The van der Waals surface area contributed by atoms with Crippen molar-refractivity contribution in [3.63, 3.8) is 0 Å². The van der Waals surface area contributed by atoms with Crippen LogP contribution in [-0.2, 0) is 0 Å². The summed E-state index contributed by atoms with van der Waals surface area (Å²) in [5.74, 6) is 0.660. The SMILES string of the molecule is CCCC(C)CC(C)(CN)C(C)O. The summed E-state index contributed by atoms with van der Waals surface area (Å²) in [6.45, 7) is 8.91. The molecule has 0 aromatic heterocycles. The average Bonchev–Trinajstić information content (AvgIpc) is 2.04. The van der Waals surface area contributed by atoms with Gasteiger partial charge in [-0.1, -0.05) is 33.6 Å². The second kappa shape index (κ2) is 5.61. The minimum atomic E-state index is -0.309. The zero-order valence-corrected chi connectivity index (χ0v) is 9.51. The van der Waals surface area contributed by atoms with Crippen molar-refractivity contribution in [3.05, 3.63) is 0 Å². The van der Waals surface area contributed by atoms with Crippen LogP contribution in [0.1, 0.15) is 47.0 Å². The van der Waals surface area contributed by atoms with Crippen molar-refractivity contribution in [1.29, 1.82) is 0 Å². The van der Waals surface area contributed by atoms with E-state index >= 15 is 0 Å². The molecule has 80 valence electrons.